The summed E-state index contributed by atoms with van der Waals surface area (Å²) in [6, 6.07) is 5.29. The van der Waals surface area contributed by atoms with Crippen LogP contribution in [-0.4, -0.2) is 56.4 Å². The highest BCUT2D eigenvalue weighted by atomic mass is 32.1. The molecule has 0 bridgehead atoms. The highest BCUT2D eigenvalue weighted by Crippen LogP contribution is 2.35. The van der Waals surface area contributed by atoms with Gasteiger partial charge in [-0.05, 0) is 49.1 Å². The quantitative estimate of drug-likeness (QED) is 0.251. The minimum absolute atomic E-state index is 0.244. The number of carbonyl (C=O) groups is 3. The summed E-state index contributed by atoms with van der Waals surface area (Å²) in [5.41, 5.74) is 10.7. The third kappa shape index (κ3) is 6.82. The van der Waals surface area contributed by atoms with Gasteiger partial charge >= 0.3 is 5.97 Å². The number of thiazole rings is 1. The standard InChI is InChI=1S/C29H40N6O4S/c1-17-25(40-16-32-17)20-11-9-19(10-12-20)22(14-24(36)37)33-27(38)23-6-5-13-34(23)28(39)26(29(2,3)4)35(31)15-21(30)18-7-8-18/h9-12,15-16,18,22-23,26H,5-8,13-14,30-31H2,1-4H3,(H,33,38)(H,36,37)/b21-15-. The van der Waals surface area contributed by atoms with Crippen molar-refractivity contribution in [1.29, 1.82) is 0 Å². The van der Waals surface area contributed by atoms with E-state index in [4.69, 9.17) is 11.6 Å². The van der Waals surface area contributed by atoms with Gasteiger partial charge in [-0.2, -0.15) is 0 Å². The van der Waals surface area contributed by atoms with E-state index in [1.165, 1.54) is 16.3 Å². The van der Waals surface area contributed by atoms with Gasteiger partial charge in [0.15, 0.2) is 0 Å². The van der Waals surface area contributed by atoms with Gasteiger partial charge in [0, 0.05) is 24.4 Å². The molecule has 6 N–H and O–H groups in total. The van der Waals surface area contributed by atoms with Crippen LogP contribution in [0.2, 0.25) is 0 Å². The van der Waals surface area contributed by atoms with E-state index in [9.17, 15) is 19.5 Å². The van der Waals surface area contributed by atoms with Crippen molar-refractivity contribution in [3.05, 3.63) is 52.9 Å². The van der Waals surface area contributed by atoms with E-state index in [1.807, 2.05) is 52.0 Å². The lowest BCUT2D eigenvalue weighted by Gasteiger charge is -2.39. The van der Waals surface area contributed by atoms with Crippen LogP contribution in [-0.2, 0) is 14.4 Å². The largest absolute Gasteiger partial charge is 0.481 e. The number of hydrazine groups is 1. The number of allylic oxidation sites excluding steroid dienone is 1. The van der Waals surface area contributed by atoms with Gasteiger partial charge in [0.25, 0.3) is 0 Å². The monoisotopic (exact) mass is 568 g/mol. The number of aliphatic carboxylic acids is 1. The summed E-state index contributed by atoms with van der Waals surface area (Å²) < 4.78 is 0. The Morgan fingerprint density at radius 3 is 2.45 bits per heavy atom. The van der Waals surface area contributed by atoms with Crippen molar-refractivity contribution in [2.45, 2.75) is 77.9 Å². The number of carbonyl (C=O) groups excluding carboxylic acids is 2. The number of hydrogen-bond acceptors (Lipinski definition) is 8. The number of carboxylic acids is 1. The lowest BCUT2D eigenvalue weighted by molar-refractivity contribution is -0.145. The van der Waals surface area contributed by atoms with Crippen LogP contribution < -0.4 is 16.9 Å². The van der Waals surface area contributed by atoms with Crippen LogP contribution in [0.25, 0.3) is 10.4 Å². The van der Waals surface area contributed by atoms with Crippen molar-refractivity contribution in [3.8, 4) is 10.4 Å². The first kappa shape index (κ1) is 29.5. The molecule has 2 aliphatic rings. The molecule has 0 radical (unpaired) electrons. The molecule has 10 nitrogen and oxygen atoms in total. The maximum absolute atomic E-state index is 13.9. The van der Waals surface area contributed by atoms with E-state index in [0.29, 0.717) is 36.6 Å². The number of aromatic nitrogens is 1. The van der Waals surface area contributed by atoms with Gasteiger partial charge in [0.1, 0.15) is 12.1 Å². The van der Waals surface area contributed by atoms with Crippen LogP contribution in [0, 0.1) is 18.3 Å². The summed E-state index contributed by atoms with van der Waals surface area (Å²) in [5.74, 6) is 5.05. The number of nitrogens with two attached hydrogens (primary N) is 2. The van der Waals surface area contributed by atoms with Gasteiger partial charge in [0.05, 0.1) is 28.5 Å². The van der Waals surface area contributed by atoms with E-state index in [-0.39, 0.29) is 18.2 Å². The summed E-state index contributed by atoms with van der Waals surface area (Å²) in [7, 11) is 0. The second kappa shape index (κ2) is 12.0. The summed E-state index contributed by atoms with van der Waals surface area (Å²) in [4.78, 5) is 46.1. The summed E-state index contributed by atoms with van der Waals surface area (Å²) in [5, 5.41) is 13.9. The molecule has 3 atom stereocenters. The number of rotatable bonds is 10. The number of carboxylic acid groups (broad SMARTS) is 1. The van der Waals surface area contributed by atoms with Crippen LogP contribution in [0.1, 0.15) is 70.2 Å². The Morgan fingerprint density at radius 2 is 1.90 bits per heavy atom. The van der Waals surface area contributed by atoms with Crippen molar-refractivity contribution < 1.29 is 19.5 Å². The molecule has 40 heavy (non-hydrogen) atoms. The number of aryl methyl sites for hydroxylation is 1. The molecule has 1 saturated carbocycles. The summed E-state index contributed by atoms with van der Waals surface area (Å²) in [6.07, 6.45) is 4.56. The van der Waals surface area contributed by atoms with Crippen molar-refractivity contribution in [1.82, 2.24) is 20.2 Å². The molecule has 3 unspecified atom stereocenters. The molecule has 1 aliphatic heterocycles. The topological polar surface area (TPSA) is 155 Å². The molecule has 0 spiro atoms. The highest BCUT2D eigenvalue weighted by molar-refractivity contribution is 7.13. The van der Waals surface area contributed by atoms with E-state index in [2.05, 4.69) is 10.3 Å². The maximum atomic E-state index is 13.9. The first-order valence-corrected chi connectivity index (χ1v) is 14.6. The fraction of sp³-hybridized carbons (Fsp3) is 0.517. The number of hydrogen-bond donors (Lipinski definition) is 4. The van der Waals surface area contributed by atoms with Crippen molar-refractivity contribution in [2.75, 3.05) is 6.54 Å². The molecule has 216 valence electrons. The van der Waals surface area contributed by atoms with Crippen molar-refractivity contribution >= 4 is 29.1 Å². The van der Waals surface area contributed by atoms with Crippen LogP contribution in [0.15, 0.2) is 41.7 Å². The highest BCUT2D eigenvalue weighted by Gasteiger charge is 2.43. The molecule has 1 aliphatic carbocycles. The van der Waals surface area contributed by atoms with Gasteiger partial charge in [-0.1, -0.05) is 45.0 Å². The second-order valence-corrected chi connectivity index (χ2v) is 12.7. The molecular formula is C29H40N6O4S. The average molecular weight is 569 g/mol. The van der Waals surface area contributed by atoms with Gasteiger partial charge in [-0.15, -0.1) is 11.3 Å². The minimum atomic E-state index is -1.03. The number of amides is 2. The van der Waals surface area contributed by atoms with Gasteiger partial charge in [0.2, 0.25) is 11.8 Å². The zero-order valence-corrected chi connectivity index (χ0v) is 24.4. The van der Waals surface area contributed by atoms with Gasteiger partial charge in [-0.25, -0.2) is 10.8 Å². The maximum Gasteiger partial charge on any atom is 0.305 e. The predicted molar refractivity (Wildman–Crippen MR) is 154 cm³/mol. The molecular weight excluding hydrogens is 528 g/mol. The van der Waals surface area contributed by atoms with E-state index >= 15 is 0 Å². The fourth-order valence-corrected chi connectivity index (χ4v) is 6.13. The van der Waals surface area contributed by atoms with E-state index < -0.39 is 29.5 Å². The Hall–Kier alpha value is -3.44. The molecule has 4 rings (SSSR count). The van der Waals surface area contributed by atoms with Crippen molar-refractivity contribution in [2.24, 2.45) is 22.9 Å². The Balaban J connectivity index is 1.52. The van der Waals surface area contributed by atoms with E-state index in [0.717, 1.165) is 29.0 Å². The van der Waals surface area contributed by atoms with Crippen molar-refractivity contribution in [3.63, 3.8) is 0 Å². The van der Waals surface area contributed by atoms with Crippen LogP contribution in [0.3, 0.4) is 0 Å². The number of nitrogens with one attached hydrogen (secondary N) is 1. The average Bonchev–Trinajstić information content (AvgIpc) is 3.45. The first-order chi connectivity index (χ1) is 18.9. The van der Waals surface area contributed by atoms with Crippen LogP contribution in [0.4, 0.5) is 0 Å². The van der Waals surface area contributed by atoms with Gasteiger partial charge < -0.3 is 26.1 Å². The minimum Gasteiger partial charge on any atom is -0.481 e. The lowest BCUT2D eigenvalue weighted by atomic mass is 9.85. The Labute approximate surface area is 239 Å². The first-order valence-electron chi connectivity index (χ1n) is 13.7. The molecule has 2 heterocycles. The third-order valence-electron chi connectivity index (χ3n) is 7.55. The fourth-order valence-electron chi connectivity index (χ4n) is 5.31. The SMILES string of the molecule is Cc1ncsc1-c1ccc(C(CC(=O)O)NC(=O)C2CCCN2C(=O)C(N(N)/C=C(\N)C2CC2)C(C)(C)C)cc1. The molecule has 2 aromatic rings. The predicted octanol–water partition coefficient (Wildman–Crippen LogP) is 3.54. The normalized spacial score (nSPS) is 19.3. The molecule has 1 aromatic heterocycles. The number of likely N-dealkylation sites (tertiary alicyclic amines) is 1. The molecule has 11 heteroatoms. The number of benzene rings is 1. The smallest absolute Gasteiger partial charge is 0.305 e. The number of nitrogens with zero attached hydrogens (tertiary/aromatic N) is 3. The van der Waals surface area contributed by atoms with E-state index in [1.54, 1.807) is 16.6 Å². The molecule has 2 amide bonds. The van der Waals surface area contributed by atoms with Gasteiger partial charge in [-0.3, -0.25) is 14.4 Å². The molecule has 1 aromatic carbocycles. The Morgan fingerprint density at radius 1 is 1.23 bits per heavy atom. The molecule has 1 saturated heterocycles. The van der Waals surface area contributed by atoms with Crippen LogP contribution in [0.5, 0.6) is 0 Å². The summed E-state index contributed by atoms with van der Waals surface area (Å²) >= 11 is 1.54. The third-order valence-corrected chi connectivity index (χ3v) is 8.53. The molecule has 2 fully saturated rings. The Bertz CT molecular complexity index is 1260. The zero-order valence-electron chi connectivity index (χ0n) is 23.6. The van der Waals surface area contributed by atoms with Crippen LogP contribution >= 0.6 is 11.3 Å². The second-order valence-electron chi connectivity index (χ2n) is 11.9. The lowest BCUT2D eigenvalue weighted by Crippen LogP contribution is -2.58. The Kier molecular flexibility index (Phi) is 8.84. The zero-order chi connectivity index (χ0) is 29.2. The summed E-state index contributed by atoms with van der Waals surface area (Å²) in [6.45, 7) is 8.16.